The smallest absolute Gasteiger partial charge is 0.354 e. The number of benzene rings is 1. The molecule has 3 atom stereocenters. The number of hydrogen-bond donors (Lipinski definition) is 2. The minimum atomic E-state index is -3.63. The second kappa shape index (κ2) is 6.74. The topological polar surface area (TPSA) is 112 Å². The van der Waals surface area contributed by atoms with Gasteiger partial charge in [-0.3, -0.25) is 0 Å². The van der Waals surface area contributed by atoms with Gasteiger partial charge in [-0.2, -0.15) is 5.10 Å². The molecule has 8 nitrogen and oxygen atoms in total. The normalized spacial score (nSPS) is 23.3. The van der Waals surface area contributed by atoms with E-state index in [0.29, 0.717) is 47.3 Å². The number of hydrogen-bond acceptors (Lipinski definition) is 4. The van der Waals surface area contributed by atoms with Crippen LogP contribution in [0.3, 0.4) is 0 Å². The summed E-state index contributed by atoms with van der Waals surface area (Å²) in [6, 6.07) is -0.932. The molecular formula is C19H21F2N5O3S. The Balaban J connectivity index is 1.51. The summed E-state index contributed by atoms with van der Waals surface area (Å²) in [5, 5.41) is 12.6. The van der Waals surface area contributed by atoms with E-state index in [4.69, 9.17) is 9.88 Å². The Bertz CT molecular complexity index is 1200. The van der Waals surface area contributed by atoms with Crippen LogP contribution in [0.25, 0.3) is 0 Å². The first-order valence-electron chi connectivity index (χ1n) is 9.82. The highest BCUT2D eigenvalue weighted by Gasteiger charge is 2.34. The third-order valence-electron chi connectivity index (χ3n) is 5.83. The van der Waals surface area contributed by atoms with E-state index in [1.165, 1.54) is 10.9 Å². The fraction of sp³-hybridized carbons (Fsp3) is 0.474. The molecule has 1 aromatic heterocycles. The van der Waals surface area contributed by atoms with Gasteiger partial charge in [0, 0.05) is 18.5 Å². The van der Waals surface area contributed by atoms with E-state index >= 15 is 0 Å². The zero-order chi connectivity index (χ0) is 21.2. The first kappa shape index (κ1) is 19.4. The lowest BCUT2D eigenvalue weighted by Gasteiger charge is -2.16. The van der Waals surface area contributed by atoms with Crippen LogP contribution in [-0.2, 0) is 42.1 Å². The van der Waals surface area contributed by atoms with Crippen LogP contribution in [0.2, 0.25) is 0 Å². The first-order chi connectivity index (χ1) is 14.2. The molecule has 1 aliphatic heterocycles. The van der Waals surface area contributed by atoms with Gasteiger partial charge in [0.15, 0.2) is 9.92 Å². The second-order valence-electron chi connectivity index (χ2n) is 7.98. The molecule has 0 fully saturated rings. The number of carbonyl (C=O) groups excluding carboxylic acids is 1. The third-order valence-corrected chi connectivity index (χ3v) is 7.18. The van der Waals surface area contributed by atoms with Crippen LogP contribution in [0.1, 0.15) is 35.6 Å². The highest BCUT2D eigenvalue weighted by molar-refractivity contribution is 7.91. The number of ether oxygens (including phenoxy) is 1. The van der Waals surface area contributed by atoms with Crippen molar-refractivity contribution in [2.45, 2.75) is 62.7 Å². The minimum absolute atomic E-state index is 0.0137. The van der Waals surface area contributed by atoms with E-state index < -0.39 is 22.1 Å². The van der Waals surface area contributed by atoms with Crippen molar-refractivity contribution in [1.82, 2.24) is 9.78 Å². The molecule has 11 heteroatoms. The van der Waals surface area contributed by atoms with Gasteiger partial charge in [0.1, 0.15) is 23.0 Å². The fourth-order valence-corrected chi connectivity index (χ4v) is 5.59. The summed E-state index contributed by atoms with van der Waals surface area (Å²) in [6.07, 6.45) is 1.80. The summed E-state index contributed by atoms with van der Waals surface area (Å²) in [5.41, 5.74) is 2.33. The zero-order valence-corrected chi connectivity index (χ0v) is 17.1. The van der Waals surface area contributed by atoms with Gasteiger partial charge >= 0.3 is 6.03 Å². The van der Waals surface area contributed by atoms with Gasteiger partial charge in [-0.05, 0) is 48.4 Å². The van der Waals surface area contributed by atoms with Crippen LogP contribution in [0.15, 0.2) is 15.5 Å². The van der Waals surface area contributed by atoms with Crippen LogP contribution in [0.4, 0.5) is 19.3 Å². The van der Waals surface area contributed by atoms with Crippen molar-refractivity contribution in [3.8, 4) is 5.88 Å². The lowest BCUT2D eigenvalue weighted by Crippen LogP contribution is -2.19. The van der Waals surface area contributed by atoms with Gasteiger partial charge in [0.05, 0.1) is 12.7 Å². The Labute approximate surface area is 172 Å². The summed E-state index contributed by atoms with van der Waals surface area (Å²) in [6.45, 7) is 2.31. The number of anilines is 1. The van der Waals surface area contributed by atoms with E-state index in [1.54, 1.807) is 0 Å². The van der Waals surface area contributed by atoms with Crippen LogP contribution in [-0.4, -0.2) is 32.3 Å². The lowest BCUT2D eigenvalue weighted by atomic mass is 9.98. The Kier molecular flexibility index (Phi) is 4.37. The van der Waals surface area contributed by atoms with Crippen molar-refractivity contribution in [1.29, 1.82) is 0 Å². The average molecular weight is 437 g/mol. The van der Waals surface area contributed by atoms with Crippen LogP contribution >= 0.6 is 0 Å². The largest absolute Gasteiger partial charge is 0.472 e. The van der Waals surface area contributed by atoms with Crippen LogP contribution in [0, 0.1) is 5.82 Å². The Hall–Kier alpha value is -2.53. The molecule has 2 aromatic rings. The van der Waals surface area contributed by atoms with Crippen molar-refractivity contribution < 1.29 is 22.5 Å². The van der Waals surface area contributed by atoms with Gasteiger partial charge in [-0.1, -0.05) is 0 Å². The zero-order valence-electron chi connectivity index (χ0n) is 16.3. The van der Waals surface area contributed by atoms with Gasteiger partial charge < -0.3 is 10.1 Å². The molecule has 0 unspecified atom stereocenters. The van der Waals surface area contributed by atoms with Crippen molar-refractivity contribution in [3.05, 3.63) is 34.3 Å². The maximum Gasteiger partial charge on any atom is 0.354 e. The van der Waals surface area contributed by atoms with E-state index in [0.717, 1.165) is 6.42 Å². The number of amides is 2. The first-order valence-corrected chi connectivity index (χ1v) is 11.4. The number of aromatic nitrogens is 2. The maximum absolute atomic E-state index is 14.8. The third kappa shape index (κ3) is 2.99. The van der Waals surface area contributed by atoms with Crippen LogP contribution < -0.4 is 15.2 Å². The maximum atomic E-state index is 14.8. The number of rotatable bonds is 2. The Morgan fingerprint density at radius 2 is 2.07 bits per heavy atom. The van der Waals surface area contributed by atoms with Gasteiger partial charge in [-0.15, -0.1) is 4.36 Å². The second-order valence-corrected chi connectivity index (χ2v) is 9.74. The van der Waals surface area contributed by atoms with E-state index in [9.17, 15) is 17.8 Å². The SMILES string of the molecule is C[C@@H]1Cn2ncc([S@](N)(=O)=NC(=O)Nc3c4c(c(F)c5c3C[C@H](F)C5)CCC4)c2O1. The molecule has 0 saturated carbocycles. The number of nitrogens with two attached hydrogens (primary N) is 1. The number of carbonyl (C=O) groups is 1. The molecule has 2 aliphatic carbocycles. The van der Waals surface area contributed by atoms with Gasteiger partial charge in [-0.25, -0.2) is 27.6 Å². The van der Waals surface area contributed by atoms with Crippen molar-refractivity contribution in [2.75, 3.05) is 5.32 Å². The summed E-state index contributed by atoms with van der Waals surface area (Å²) in [7, 11) is -3.63. The van der Waals surface area contributed by atoms with Crippen molar-refractivity contribution >= 4 is 21.6 Å². The number of alkyl halides is 1. The Morgan fingerprint density at radius 3 is 2.87 bits per heavy atom. The average Bonchev–Trinajstić information content (AvgIpc) is 3.40. The fourth-order valence-electron chi connectivity index (χ4n) is 4.59. The highest BCUT2D eigenvalue weighted by Crippen LogP contribution is 2.41. The molecule has 0 bridgehead atoms. The van der Waals surface area contributed by atoms with E-state index in [-0.39, 0.29) is 35.5 Å². The summed E-state index contributed by atoms with van der Waals surface area (Å²) < 4.78 is 52.6. The molecule has 0 saturated heterocycles. The molecule has 0 radical (unpaired) electrons. The minimum Gasteiger partial charge on any atom is -0.472 e. The molecule has 2 amide bonds. The lowest BCUT2D eigenvalue weighted by molar-refractivity contribution is 0.248. The number of fused-ring (bicyclic) bond motifs is 3. The number of nitrogens with one attached hydrogen (secondary N) is 1. The number of nitrogens with zero attached hydrogens (tertiary/aromatic N) is 3. The van der Waals surface area contributed by atoms with E-state index in [2.05, 4.69) is 14.8 Å². The van der Waals surface area contributed by atoms with Gasteiger partial charge in [0.2, 0.25) is 5.88 Å². The van der Waals surface area contributed by atoms with E-state index in [1.807, 2.05) is 6.92 Å². The molecule has 3 N–H and O–H groups in total. The molecule has 3 aliphatic rings. The molecule has 160 valence electrons. The monoisotopic (exact) mass is 437 g/mol. The molecule has 5 rings (SSSR count). The number of halogens is 2. The summed E-state index contributed by atoms with van der Waals surface area (Å²) >= 11 is 0. The summed E-state index contributed by atoms with van der Waals surface area (Å²) in [5.74, 6) is -0.132. The molecular weight excluding hydrogens is 416 g/mol. The van der Waals surface area contributed by atoms with Crippen molar-refractivity contribution in [2.24, 2.45) is 9.50 Å². The Morgan fingerprint density at radius 1 is 1.33 bits per heavy atom. The predicted octanol–water partition coefficient (Wildman–Crippen LogP) is 2.66. The number of urea groups is 1. The molecule has 1 aromatic carbocycles. The molecule has 0 spiro atoms. The molecule has 2 heterocycles. The highest BCUT2D eigenvalue weighted by atomic mass is 32.2. The van der Waals surface area contributed by atoms with Gasteiger partial charge in [0.25, 0.3) is 0 Å². The predicted molar refractivity (Wildman–Crippen MR) is 105 cm³/mol. The van der Waals surface area contributed by atoms with Crippen LogP contribution in [0.5, 0.6) is 5.88 Å². The standard InChI is InChI=1S/C19H21F2N5O3S/c1-9-8-26-18(29-9)15(7-23-26)30(22,28)25-19(27)24-17-12-4-2-3-11(12)16(21)13-5-10(20)6-14(13)17/h7,9-10H,2-6,8H2,1H3,(H3,22,24,25,27,28)/t9-,10-,30-/m1/s1. The van der Waals surface area contributed by atoms with Crippen molar-refractivity contribution in [3.63, 3.8) is 0 Å². The summed E-state index contributed by atoms with van der Waals surface area (Å²) in [4.78, 5) is 12.7. The molecule has 30 heavy (non-hydrogen) atoms. The quantitative estimate of drug-likeness (QED) is 0.752.